The molecule has 0 heterocycles. The van der Waals surface area contributed by atoms with Crippen LogP contribution in [0, 0.1) is 0 Å². The van der Waals surface area contributed by atoms with Crippen molar-refractivity contribution in [3.63, 3.8) is 0 Å². The fraction of sp³-hybridized carbons (Fsp3) is 0.917. The summed E-state index contributed by atoms with van der Waals surface area (Å²) in [5.41, 5.74) is 0.0122. The van der Waals surface area contributed by atoms with Crippen molar-refractivity contribution >= 4 is 5.97 Å². The van der Waals surface area contributed by atoms with Gasteiger partial charge in [-0.1, -0.05) is 32.6 Å². The van der Waals surface area contributed by atoms with Gasteiger partial charge in [0, 0.05) is 5.54 Å². The van der Waals surface area contributed by atoms with Crippen LogP contribution in [-0.2, 0) is 9.53 Å². The van der Waals surface area contributed by atoms with Crippen LogP contribution in [0.2, 0.25) is 0 Å². The van der Waals surface area contributed by atoms with Crippen molar-refractivity contribution in [2.45, 2.75) is 57.4 Å². The van der Waals surface area contributed by atoms with E-state index in [4.69, 9.17) is 4.74 Å². The molecule has 1 aliphatic carbocycles. The molecule has 0 unspecified atom stereocenters. The molecule has 88 valence electrons. The van der Waals surface area contributed by atoms with E-state index in [0.29, 0.717) is 6.42 Å². The van der Waals surface area contributed by atoms with E-state index in [1.807, 2.05) is 0 Å². The van der Waals surface area contributed by atoms with E-state index in [2.05, 4.69) is 12.2 Å². The average molecular weight is 213 g/mol. The van der Waals surface area contributed by atoms with Crippen LogP contribution >= 0.6 is 0 Å². The summed E-state index contributed by atoms with van der Waals surface area (Å²) in [4.78, 5) is 11.4. The second kappa shape index (κ2) is 6.11. The number of hydrogen-bond donors (Lipinski definition) is 1. The molecule has 1 fully saturated rings. The van der Waals surface area contributed by atoms with Gasteiger partial charge < -0.3 is 10.1 Å². The molecule has 0 aromatic rings. The highest BCUT2D eigenvalue weighted by molar-refractivity contribution is 5.70. The number of ether oxygens (including phenoxy) is 1. The van der Waals surface area contributed by atoms with Crippen LogP contribution in [0.3, 0.4) is 0 Å². The Hall–Kier alpha value is -0.570. The van der Waals surface area contributed by atoms with Gasteiger partial charge in [0.05, 0.1) is 13.5 Å². The van der Waals surface area contributed by atoms with Crippen molar-refractivity contribution in [3.8, 4) is 0 Å². The zero-order valence-corrected chi connectivity index (χ0v) is 9.97. The molecule has 0 bridgehead atoms. The molecule has 0 aromatic heterocycles. The predicted octanol–water partition coefficient (Wildman–Crippen LogP) is 2.25. The van der Waals surface area contributed by atoms with Crippen molar-refractivity contribution in [1.82, 2.24) is 5.32 Å². The van der Waals surface area contributed by atoms with Crippen LogP contribution in [-0.4, -0.2) is 25.2 Å². The number of esters is 1. The van der Waals surface area contributed by atoms with Gasteiger partial charge in [-0.2, -0.15) is 0 Å². The zero-order valence-electron chi connectivity index (χ0n) is 9.97. The maximum atomic E-state index is 11.4. The van der Waals surface area contributed by atoms with E-state index in [1.165, 1.54) is 32.8 Å². The fourth-order valence-electron chi connectivity index (χ4n) is 2.54. The first-order valence-electron chi connectivity index (χ1n) is 6.04. The van der Waals surface area contributed by atoms with Gasteiger partial charge in [0.1, 0.15) is 0 Å². The Morgan fingerprint density at radius 3 is 2.33 bits per heavy atom. The summed E-state index contributed by atoms with van der Waals surface area (Å²) in [6.07, 6.45) is 7.79. The molecule has 0 saturated heterocycles. The van der Waals surface area contributed by atoms with Crippen LogP contribution in [0.25, 0.3) is 0 Å². The number of carbonyl (C=O) groups excluding carboxylic acids is 1. The predicted molar refractivity (Wildman–Crippen MR) is 60.7 cm³/mol. The molecule has 0 spiro atoms. The highest BCUT2D eigenvalue weighted by Crippen LogP contribution is 2.30. The highest BCUT2D eigenvalue weighted by Gasteiger charge is 2.32. The van der Waals surface area contributed by atoms with Crippen molar-refractivity contribution in [3.05, 3.63) is 0 Å². The molecule has 3 heteroatoms. The number of carbonyl (C=O) groups is 1. The summed E-state index contributed by atoms with van der Waals surface area (Å²) in [6, 6.07) is 0. The molecule has 3 nitrogen and oxygen atoms in total. The van der Waals surface area contributed by atoms with Crippen LogP contribution in [0.15, 0.2) is 0 Å². The lowest BCUT2D eigenvalue weighted by Gasteiger charge is -2.32. The summed E-state index contributed by atoms with van der Waals surface area (Å²) in [7, 11) is 1.47. The molecule has 0 radical (unpaired) electrons. The fourth-order valence-corrected chi connectivity index (χ4v) is 2.54. The summed E-state index contributed by atoms with van der Waals surface area (Å²) in [5, 5.41) is 3.50. The third-order valence-corrected chi connectivity index (χ3v) is 3.32. The van der Waals surface area contributed by atoms with Crippen molar-refractivity contribution in [1.29, 1.82) is 0 Å². The minimum Gasteiger partial charge on any atom is -0.469 e. The maximum Gasteiger partial charge on any atom is 0.307 e. The lowest BCUT2D eigenvalue weighted by molar-refractivity contribution is -0.142. The summed E-state index contributed by atoms with van der Waals surface area (Å²) >= 11 is 0. The third-order valence-electron chi connectivity index (χ3n) is 3.32. The standard InChI is InChI=1S/C12H23NO2/c1-3-13-12(10-11(14)15-2)8-6-4-5-7-9-12/h13H,3-10H2,1-2H3. The van der Waals surface area contributed by atoms with Gasteiger partial charge in [0.15, 0.2) is 0 Å². The molecule has 0 aromatic carbocycles. The number of rotatable bonds is 4. The molecule has 0 atom stereocenters. The number of methoxy groups -OCH3 is 1. The molecule has 1 aliphatic rings. The van der Waals surface area contributed by atoms with Crippen molar-refractivity contribution in [2.75, 3.05) is 13.7 Å². The first-order valence-corrected chi connectivity index (χ1v) is 6.04. The van der Waals surface area contributed by atoms with E-state index in [0.717, 1.165) is 19.4 Å². The molecule has 0 amide bonds. The third kappa shape index (κ3) is 3.82. The van der Waals surface area contributed by atoms with E-state index < -0.39 is 0 Å². The first kappa shape index (κ1) is 12.5. The number of hydrogen-bond acceptors (Lipinski definition) is 3. The van der Waals surface area contributed by atoms with Gasteiger partial charge in [-0.05, 0) is 19.4 Å². The summed E-state index contributed by atoms with van der Waals surface area (Å²) < 4.78 is 4.79. The minimum absolute atomic E-state index is 0.0122. The molecule has 1 N–H and O–H groups in total. The van der Waals surface area contributed by atoms with Crippen LogP contribution in [0.1, 0.15) is 51.9 Å². The Kier molecular flexibility index (Phi) is 5.09. The Labute approximate surface area is 92.6 Å². The van der Waals surface area contributed by atoms with Gasteiger partial charge in [-0.15, -0.1) is 0 Å². The second-order valence-electron chi connectivity index (χ2n) is 4.48. The van der Waals surface area contributed by atoms with E-state index in [9.17, 15) is 4.79 Å². The lowest BCUT2D eigenvalue weighted by atomic mass is 9.86. The topological polar surface area (TPSA) is 38.3 Å². The molecule has 0 aliphatic heterocycles. The Balaban J connectivity index is 2.61. The molecule has 15 heavy (non-hydrogen) atoms. The largest absolute Gasteiger partial charge is 0.469 e. The Morgan fingerprint density at radius 2 is 1.87 bits per heavy atom. The SMILES string of the molecule is CCNC1(CC(=O)OC)CCCCCC1. The minimum atomic E-state index is -0.0853. The normalized spacial score (nSPS) is 20.7. The second-order valence-corrected chi connectivity index (χ2v) is 4.48. The summed E-state index contributed by atoms with van der Waals surface area (Å²) in [5.74, 6) is -0.0853. The van der Waals surface area contributed by atoms with Gasteiger partial charge in [-0.3, -0.25) is 4.79 Å². The quantitative estimate of drug-likeness (QED) is 0.575. The molecular weight excluding hydrogens is 190 g/mol. The van der Waals surface area contributed by atoms with Crippen molar-refractivity contribution < 1.29 is 9.53 Å². The van der Waals surface area contributed by atoms with E-state index >= 15 is 0 Å². The van der Waals surface area contributed by atoms with Crippen molar-refractivity contribution in [2.24, 2.45) is 0 Å². The number of nitrogens with one attached hydrogen (secondary N) is 1. The monoisotopic (exact) mass is 213 g/mol. The smallest absolute Gasteiger partial charge is 0.307 e. The first-order chi connectivity index (χ1) is 7.22. The average Bonchev–Trinajstić information content (AvgIpc) is 2.44. The molecule has 1 saturated carbocycles. The van der Waals surface area contributed by atoms with Crippen LogP contribution < -0.4 is 5.32 Å². The van der Waals surface area contributed by atoms with Crippen LogP contribution in [0.4, 0.5) is 0 Å². The van der Waals surface area contributed by atoms with Crippen LogP contribution in [0.5, 0.6) is 0 Å². The van der Waals surface area contributed by atoms with Gasteiger partial charge in [-0.25, -0.2) is 0 Å². The lowest BCUT2D eigenvalue weighted by Crippen LogP contribution is -2.46. The Bertz CT molecular complexity index is 196. The summed E-state index contributed by atoms with van der Waals surface area (Å²) in [6.45, 7) is 3.03. The van der Waals surface area contributed by atoms with Gasteiger partial charge >= 0.3 is 5.97 Å². The Morgan fingerprint density at radius 1 is 1.27 bits per heavy atom. The molecular formula is C12H23NO2. The highest BCUT2D eigenvalue weighted by atomic mass is 16.5. The van der Waals surface area contributed by atoms with Gasteiger partial charge in [0.25, 0.3) is 0 Å². The van der Waals surface area contributed by atoms with E-state index in [-0.39, 0.29) is 11.5 Å². The van der Waals surface area contributed by atoms with E-state index in [1.54, 1.807) is 0 Å². The zero-order chi connectivity index (χ0) is 11.1. The molecule has 1 rings (SSSR count). The maximum absolute atomic E-state index is 11.4. The van der Waals surface area contributed by atoms with Gasteiger partial charge in [0.2, 0.25) is 0 Å².